The lowest BCUT2D eigenvalue weighted by atomic mass is 9.97. The molecule has 0 amide bonds. The Morgan fingerprint density at radius 2 is 1.83 bits per heavy atom. The van der Waals surface area contributed by atoms with Crippen LogP contribution >= 0.6 is 0 Å². The summed E-state index contributed by atoms with van der Waals surface area (Å²) in [7, 11) is -1.88. The van der Waals surface area contributed by atoms with Crippen LogP contribution in [0.25, 0.3) is 11.3 Å². The number of pyridine rings is 1. The van der Waals surface area contributed by atoms with Gasteiger partial charge >= 0.3 is 0 Å². The molecule has 0 atom stereocenters. The quantitative estimate of drug-likeness (QED) is 0.602. The second kappa shape index (κ2) is 7.92. The van der Waals surface area contributed by atoms with Gasteiger partial charge in [0.15, 0.2) is 5.78 Å². The molecular weight excluding hydrogens is 390 g/mol. The fourth-order valence-electron chi connectivity index (χ4n) is 3.07. The molecule has 0 radical (unpaired) electrons. The monoisotopic (exact) mass is 411 g/mol. The van der Waals surface area contributed by atoms with Gasteiger partial charge in [-0.1, -0.05) is 18.2 Å². The van der Waals surface area contributed by atoms with E-state index in [1.165, 1.54) is 13.3 Å². The minimum absolute atomic E-state index is 0.246. The number of ketones is 1. The number of carbonyl (C=O) groups is 1. The Hall–Kier alpha value is -3.39. The van der Waals surface area contributed by atoms with Crippen molar-refractivity contribution in [3.05, 3.63) is 71.4 Å². The number of nitrogen functional groups attached to an aromatic ring is 1. The van der Waals surface area contributed by atoms with E-state index in [-0.39, 0.29) is 11.5 Å². The van der Waals surface area contributed by atoms with Gasteiger partial charge in [0, 0.05) is 23.0 Å². The van der Waals surface area contributed by atoms with Gasteiger partial charge in [0.2, 0.25) is 10.0 Å². The number of aryl methyl sites for hydroxylation is 1. The van der Waals surface area contributed by atoms with Crippen molar-refractivity contribution in [1.29, 1.82) is 0 Å². The number of carbonyl (C=O) groups excluding carboxylic acids is 1. The lowest BCUT2D eigenvalue weighted by Gasteiger charge is -2.14. The van der Waals surface area contributed by atoms with Crippen LogP contribution < -0.4 is 15.2 Å². The number of methoxy groups -OCH3 is 1. The Morgan fingerprint density at radius 3 is 2.48 bits per heavy atom. The van der Waals surface area contributed by atoms with E-state index in [1.807, 2.05) is 6.92 Å². The van der Waals surface area contributed by atoms with E-state index in [0.29, 0.717) is 33.8 Å². The molecular formula is C21H21N3O4S. The Bertz CT molecular complexity index is 1190. The van der Waals surface area contributed by atoms with Gasteiger partial charge in [0.25, 0.3) is 0 Å². The molecule has 0 saturated heterocycles. The molecule has 29 heavy (non-hydrogen) atoms. The maximum atomic E-state index is 13.1. The average Bonchev–Trinajstić information content (AvgIpc) is 2.67. The predicted octanol–water partition coefficient (Wildman–Crippen LogP) is 3.25. The summed E-state index contributed by atoms with van der Waals surface area (Å²) in [6, 6.07) is 13.5. The van der Waals surface area contributed by atoms with Gasteiger partial charge in [-0.05, 0) is 42.8 Å². The molecule has 8 heteroatoms. The summed E-state index contributed by atoms with van der Waals surface area (Å²) in [5, 5.41) is 0. The molecule has 0 saturated carbocycles. The van der Waals surface area contributed by atoms with E-state index >= 15 is 0 Å². The van der Waals surface area contributed by atoms with Gasteiger partial charge in [-0.2, -0.15) is 0 Å². The first-order valence-electron chi connectivity index (χ1n) is 8.72. The highest BCUT2D eigenvalue weighted by Crippen LogP contribution is 2.32. The number of nitrogens with zero attached hydrogens (tertiary/aromatic N) is 1. The molecule has 3 aromatic rings. The minimum Gasteiger partial charge on any atom is -0.496 e. The highest BCUT2D eigenvalue weighted by Gasteiger charge is 2.20. The summed E-state index contributed by atoms with van der Waals surface area (Å²) in [6.45, 7) is 1.82. The zero-order valence-corrected chi connectivity index (χ0v) is 17.1. The number of ether oxygens (including phenoxy) is 1. The van der Waals surface area contributed by atoms with E-state index in [4.69, 9.17) is 10.5 Å². The Kier molecular flexibility index (Phi) is 5.56. The molecule has 0 bridgehead atoms. The van der Waals surface area contributed by atoms with Gasteiger partial charge in [-0.3, -0.25) is 14.5 Å². The topological polar surface area (TPSA) is 111 Å². The van der Waals surface area contributed by atoms with Gasteiger partial charge in [-0.25, -0.2) is 8.42 Å². The molecule has 0 fully saturated rings. The zero-order chi connectivity index (χ0) is 21.2. The minimum atomic E-state index is -3.38. The van der Waals surface area contributed by atoms with Crippen molar-refractivity contribution in [2.24, 2.45) is 0 Å². The van der Waals surface area contributed by atoms with Gasteiger partial charge in [-0.15, -0.1) is 0 Å². The molecule has 0 aliphatic rings. The van der Waals surface area contributed by atoms with Crippen LogP contribution in [-0.4, -0.2) is 32.6 Å². The van der Waals surface area contributed by atoms with E-state index in [9.17, 15) is 13.2 Å². The number of sulfonamides is 1. The van der Waals surface area contributed by atoms with Crippen LogP contribution in [0.4, 0.5) is 11.4 Å². The fraction of sp³-hybridized carbons (Fsp3) is 0.143. The van der Waals surface area contributed by atoms with Crippen molar-refractivity contribution in [3.8, 4) is 17.0 Å². The number of benzene rings is 2. The molecule has 0 spiro atoms. The number of nitrogens with one attached hydrogen (secondary N) is 1. The number of nitrogens with two attached hydrogens (primary N) is 1. The normalized spacial score (nSPS) is 11.1. The van der Waals surface area contributed by atoms with Crippen molar-refractivity contribution in [1.82, 2.24) is 4.98 Å². The first-order chi connectivity index (χ1) is 13.7. The molecule has 2 aromatic carbocycles. The largest absolute Gasteiger partial charge is 0.496 e. The van der Waals surface area contributed by atoms with Crippen LogP contribution in [0.2, 0.25) is 0 Å². The van der Waals surface area contributed by atoms with E-state index in [1.54, 1.807) is 48.5 Å². The lowest BCUT2D eigenvalue weighted by Crippen LogP contribution is -2.10. The van der Waals surface area contributed by atoms with Crippen molar-refractivity contribution >= 4 is 27.2 Å². The Morgan fingerprint density at radius 1 is 1.10 bits per heavy atom. The van der Waals surface area contributed by atoms with E-state index in [2.05, 4.69) is 9.71 Å². The van der Waals surface area contributed by atoms with Crippen LogP contribution in [0.1, 0.15) is 21.5 Å². The summed E-state index contributed by atoms with van der Waals surface area (Å²) >= 11 is 0. The van der Waals surface area contributed by atoms with Gasteiger partial charge < -0.3 is 10.5 Å². The summed E-state index contributed by atoms with van der Waals surface area (Å²) in [4.78, 5) is 17.4. The first-order valence-corrected chi connectivity index (χ1v) is 10.6. The maximum absolute atomic E-state index is 13.1. The molecule has 7 nitrogen and oxygen atoms in total. The Balaban J connectivity index is 2.05. The number of rotatable bonds is 6. The molecule has 0 unspecified atom stereocenters. The zero-order valence-electron chi connectivity index (χ0n) is 16.3. The van der Waals surface area contributed by atoms with Crippen LogP contribution in [0.3, 0.4) is 0 Å². The second-order valence-electron chi connectivity index (χ2n) is 6.55. The van der Waals surface area contributed by atoms with Crippen molar-refractivity contribution < 1.29 is 17.9 Å². The maximum Gasteiger partial charge on any atom is 0.229 e. The molecule has 150 valence electrons. The lowest BCUT2D eigenvalue weighted by molar-refractivity contribution is 0.103. The van der Waals surface area contributed by atoms with E-state index in [0.717, 1.165) is 11.8 Å². The average molecular weight is 411 g/mol. The SMILES string of the molecule is COc1ccccc1C(=O)c1ccnc(-c2ccc(NS(C)(=O)=O)cc2C)c1N. The smallest absolute Gasteiger partial charge is 0.229 e. The standard InChI is InChI=1S/C21H21N3O4S/c1-13-12-14(24-29(3,26)27)8-9-15(13)20-19(22)17(10-11-23-20)21(25)16-6-4-5-7-18(16)28-2/h4-12,24H,22H2,1-3H3. The molecule has 1 heterocycles. The highest BCUT2D eigenvalue weighted by molar-refractivity contribution is 7.92. The molecule has 0 aliphatic carbocycles. The summed E-state index contributed by atoms with van der Waals surface area (Å²) in [6.07, 6.45) is 2.61. The number of para-hydroxylation sites is 1. The summed E-state index contributed by atoms with van der Waals surface area (Å²) in [5.41, 5.74) is 9.65. The highest BCUT2D eigenvalue weighted by atomic mass is 32.2. The molecule has 3 rings (SSSR count). The van der Waals surface area contributed by atoms with E-state index < -0.39 is 10.0 Å². The third kappa shape index (κ3) is 4.38. The molecule has 0 aliphatic heterocycles. The van der Waals surface area contributed by atoms with Crippen LogP contribution in [0.15, 0.2) is 54.7 Å². The summed E-state index contributed by atoms with van der Waals surface area (Å²) < 4.78 is 30.6. The Labute approximate surface area is 169 Å². The molecule has 3 N–H and O–H groups in total. The van der Waals surface area contributed by atoms with Gasteiger partial charge in [0.1, 0.15) is 5.75 Å². The van der Waals surface area contributed by atoms with Crippen LogP contribution in [0, 0.1) is 6.92 Å². The third-order valence-electron chi connectivity index (χ3n) is 4.37. The predicted molar refractivity (Wildman–Crippen MR) is 114 cm³/mol. The summed E-state index contributed by atoms with van der Waals surface area (Å²) in [5.74, 6) is 0.194. The fourth-order valence-corrected chi connectivity index (χ4v) is 3.63. The van der Waals surface area contributed by atoms with Gasteiger partial charge in [0.05, 0.1) is 30.3 Å². The van der Waals surface area contributed by atoms with Crippen LogP contribution in [-0.2, 0) is 10.0 Å². The number of anilines is 2. The number of hydrogen-bond acceptors (Lipinski definition) is 6. The molecule has 1 aromatic heterocycles. The van der Waals surface area contributed by atoms with Crippen molar-refractivity contribution in [2.75, 3.05) is 23.8 Å². The van der Waals surface area contributed by atoms with Crippen molar-refractivity contribution in [2.45, 2.75) is 6.92 Å². The number of aromatic nitrogens is 1. The second-order valence-corrected chi connectivity index (χ2v) is 8.30. The van der Waals surface area contributed by atoms with Crippen molar-refractivity contribution in [3.63, 3.8) is 0 Å². The third-order valence-corrected chi connectivity index (χ3v) is 4.98. The van der Waals surface area contributed by atoms with Crippen LogP contribution in [0.5, 0.6) is 5.75 Å². The number of hydrogen-bond donors (Lipinski definition) is 2. The first kappa shape index (κ1) is 20.3.